The van der Waals surface area contributed by atoms with Gasteiger partial charge in [0.15, 0.2) is 0 Å². The number of hydrogen-bond donors (Lipinski definition) is 0. The van der Waals surface area contributed by atoms with E-state index in [4.69, 9.17) is 14.2 Å². The fourth-order valence-corrected chi connectivity index (χ4v) is 6.00. The zero-order valence-electron chi connectivity index (χ0n) is 14.5. The van der Waals surface area contributed by atoms with Gasteiger partial charge >= 0.3 is 5.97 Å². The monoisotopic (exact) mass is 464 g/mol. The van der Waals surface area contributed by atoms with Crippen LogP contribution in [0.1, 0.15) is 13.3 Å². The van der Waals surface area contributed by atoms with Crippen molar-refractivity contribution in [3.63, 3.8) is 0 Å². The van der Waals surface area contributed by atoms with Crippen LogP contribution in [-0.2, 0) is 14.3 Å². The molecule has 3 fully saturated rings. The fourth-order valence-electron chi connectivity index (χ4n) is 5.49. The van der Waals surface area contributed by atoms with E-state index in [9.17, 15) is 4.79 Å². The summed E-state index contributed by atoms with van der Waals surface area (Å²) in [7, 11) is 0. The van der Waals surface area contributed by atoms with Gasteiger partial charge in [0.1, 0.15) is 11.9 Å². The molecule has 1 aromatic rings. The summed E-state index contributed by atoms with van der Waals surface area (Å²) in [5.74, 6) is 2.39. The highest BCUT2D eigenvalue weighted by Gasteiger charge is 2.65. The van der Waals surface area contributed by atoms with E-state index in [1.807, 2.05) is 25.1 Å². The second-order valence-electron chi connectivity index (χ2n) is 7.48. The molecule has 2 bridgehead atoms. The third-order valence-corrected chi connectivity index (χ3v) is 7.19. The van der Waals surface area contributed by atoms with Crippen molar-refractivity contribution in [3.8, 4) is 5.75 Å². The summed E-state index contributed by atoms with van der Waals surface area (Å²) in [4.78, 5) is 12.1. The largest absolute Gasteiger partial charge is 0.485 e. The fraction of sp³-hybridized carbons (Fsp3) is 0.476. The number of rotatable bonds is 4. The summed E-state index contributed by atoms with van der Waals surface area (Å²) in [5, 5.41) is 0. The van der Waals surface area contributed by atoms with Crippen molar-refractivity contribution in [2.75, 3.05) is 6.61 Å². The van der Waals surface area contributed by atoms with Crippen molar-refractivity contribution in [1.82, 2.24) is 0 Å². The van der Waals surface area contributed by atoms with Gasteiger partial charge in [0.2, 0.25) is 0 Å². The number of hydrogen-bond acceptors (Lipinski definition) is 4. The van der Waals surface area contributed by atoms with Crippen LogP contribution in [-0.4, -0.2) is 30.9 Å². The molecule has 0 amide bonds. The van der Waals surface area contributed by atoms with E-state index in [-0.39, 0.29) is 24.3 Å². The molecule has 136 valence electrons. The van der Waals surface area contributed by atoms with Crippen LogP contribution in [0.25, 0.3) is 0 Å². The summed E-state index contributed by atoms with van der Waals surface area (Å²) in [5.41, 5.74) is 1.12. The van der Waals surface area contributed by atoms with E-state index < -0.39 is 0 Å². The van der Waals surface area contributed by atoms with Crippen molar-refractivity contribution in [3.05, 3.63) is 51.6 Å². The highest BCUT2D eigenvalue weighted by atomic mass is 127. The molecule has 4 aliphatic rings. The van der Waals surface area contributed by atoms with E-state index in [0.29, 0.717) is 30.3 Å². The maximum atomic E-state index is 12.1. The minimum absolute atomic E-state index is 0.0235. The highest BCUT2D eigenvalue weighted by Crippen LogP contribution is 2.64. The Morgan fingerprint density at radius 1 is 1.31 bits per heavy atom. The molecule has 1 heterocycles. The van der Waals surface area contributed by atoms with E-state index in [0.717, 1.165) is 21.3 Å². The number of halogens is 1. The van der Waals surface area contributed by atoms with Crippen molar-refractivity contribution in [2.24, 2.45) is 23.7 Å². The number of ether oxygens (including phenoxy) is 3. The van der Waals surface area contributed by atoms with Crippen LogP contribution in [0.4, 0.5) is 0 Å². The summed E-state index contributed by atoms with van der Waals surface area (Å²) in [6, 6.07) is 8.12. The number of esters is 1. The molecular formula is C21H21IO4. The van der Waals surface area contributed by atoms with Gasteiger partial charge in [-0.15, -0.1) is 0 Å². The molecule has 2 saturated carbocycles. The molecule has 1 aromatic carbocycles. The Balaban J connectivity index is 1.46. The van der Waals surface area contributed by atoms with Crippen LogP contribution in [0.2, 0.25) is 0 Å². The van der Waals surface area contributed by atoms with Crippen LogP contribution < -0.4 is 4.74 Å². The first-order valence-electron chi connectivity index (χ1n) is 9.30. The zero-order chi connectivity index (χ0) is 17.8. The number of carbonyl (C=O) groups is 1. The average Bonchev–Trinajstić information content (AvgIpc) is 3.26. The number of para-hydroxylation sites is 1. The molecule has 0 spiro atoms. The second-order valence-corrected chi connectivity index (χ2v) is 8.64. The van der Waals surface area contributed by atoms with Gasteiger partial charge in [0.25, 0.3) is 0 Å². The summed E-state index contributed by atoms with van der Waals surface area (Å²) >= 11 is 2.32. The maximum absolute atomic E-state index is 12.1. The van der Waals surface area contributed by atoms with Gasteiger partial charge in [0, 0.05) is 17.9 Å². The molecule has 0 unspecified atom stereocenters. The molecule has 5 rings (SSSR count). The lowest BCUT2D eigenvalue weighted by Gasteiger charge is -2.37. The van der Waals surface area contributed by atoms with Gasteiger partial charge < -0.3 is 14.2 Å². The molecular weight excluding hydrogens is 443 g/mol. The minimum atomic E-state index is -0.250. The predicted octanol–water partition coefficient (Wildman–Crippen LogP) is 3.75. The molecule has 4 nitrogen and oxygen atoms in total. The van der Waals surface area contributed by atoms with Crippen LogP contribution in [0, 0.1) is 27.2 Å². The topological polar surface area (TPSA) is 44.8 Å². The SMILES string of the molecule is CCOC(=O)/C=C1\[C@H]2C[C@@H]3[C@@H]4[C@H]2[C@@H](Oc2ccccc2I)C=C[C@@H]4O[C@H]13. The number of carbonyl (C=O) groups excluding carboxylic acids is 1. The number of benzene rings is 1. The molecule has 0 N–H and O–H groups in total. The zero-order valence-corrected chi connectivity index (χ0v) is 16.7. The Bertz CT molecular complexity index is 801. The smallest absolute Gasteiger partial charge is 0.330 e. The molecule has 1 aliphatic heterocycles. The first kappa shape index (κ1) is 16.8. The van der Waals surface area contributed by atoms with Crippen LogP contribution in [0.5, 0.6) is 5.75 Å². The van der Waals surface area contributed by atoms with Gasteiger partial charge in [-0.1, -0.05) is 18.2 Å². The first-order chi connectivity index (χ1) is 12.7. The van der Waals surface area contributed by atoms with Crippen molar-refractivity contribution in [1.29, 1.82) is 0 Å². The number of fused-ring (bicyclic) bond motifs is 2. The van der Waals surface area contributed by atoms with Gasteiger partial charge in [0.05, 0.1) is 22.4 Å². The van der Waals surface area contributed by atoms with Crippen LogP contribution >= 0.6 is 22.6 Å². The Hall–Kier alpha value is -1.34. The van der Waals surface area contributed by atoms with Gasteiger partial charge in [-0.3, -0.25) is 0 Å². The second kappa shape index (κ2) is 6.37. The molecule has 3 aliphatic carbocycles. The molecule has 1 saturated heterocycles. The molecule has 7 atom stereocenters. The summed E-state index contributed by atoms with van der Waals surface area (Å²) in [6.45, 7) is 2.23. The standard InChI is InChI=1S/C21H21IO4/c1-2-24-18(23)10-12-11-9-13-20-17(26-21(12)13)8-7-16(19(11)20)25-15-6-4-3-5-14(15)22/h3-8,10-11,13,16-17,19-21H,2,9H2,1H3/b12-10+/t11-,13-,16+,17+,19-,20+,21-/m1/s1. The Labute approximate surface area is 166 Å². The minimum Gasteiger partial charge on any atom is -0.485 e. The Kier molecular flexibility index (Phi) is 4.12. The van der Waals surface area contributed by atoms with Crippen LogP contribution in [0.3, 0.4) is 0 Å². The maximum Gasteiger partial charge on any atom is 0.330 e. The lowest BCUT2D eigenvalue weighted by Crippen LogP contribution is -2.41. The van der Waals surface area contributed by atoms with Crippen molar-refractivity contribution in [2.45, 2.75) is 31.7 Å². The van der Waals surface area contributed by atoms with Gasteiger partial charge in [-0.05, 0) is 71.6 Å². The van der Waals surface area contributed by atoms with E-state index in [1.54, 1.807) is 6.08 Å². The first-order valence-corrected chi connectivity index (χ1v) is 10.4. The van der Waals surface area contributed by atoms with Crippen molar-refractivity contribution >= 4 is 28.6 Å². The van der Waals surface area contributed by atoms with E-state index in [2.05, 4.69) is 40.8 Å². The van der Waals surface area contributed by atoms with Crippen LogP contribution in [0.15, 0.2) is 48.1 Å². The molecule has 0 radical (unpaired) electrons. The van der Waals surface area contributed by atoms with Gasteiger partial charge in [-0.25, -0.2) is 4.79 Å². The predicted molar refractivity (Wildman–Crippen MR) is 105 cm³/mol. The normalized spacial score (nSPS) is 40.2. The molecule has 5 heteroatoms. The Morgan fingerprint density at radius 2 is 2.15 bits per heavy atom. The highest BCUT2D eigenvalue weighted by molar-refractivity contribution is 14.1. The summed E-state index contributed by atoms with van der Waals surface area (Å²) < 4.78 is 19.0. The van der Waals surface area contributed by atoms with Crippen molar-refractivity contribution < 1.29 is 19.0 Å². The van der Waals surface area contributed by atoms with E-state index in [1.165, 1.54) is 0 Å². The lowest BCUT2D eigenvalue weighted by molar-refractivity contribution is -0.137. The lowest BCUT2D eigenvalue weighted by atomic mass is 9.70. The van der Waals surface area contributed by atoms with E-state index >= 15 is 0 Å². The Morgan fingerprint density at radius 3 is 2.96 bits per heavy atom. The molecule has 26 heavy (non-hydrogen) atoms. The molecule has 0 aromatic heterocycles. The summed E-state index contributed by atoms with van der Waals surface area (Å²) in [6.07, 6.45) is 7.38. The third-order valence-electron chi connectivity index (χ3n) is 6.30. The third kappa shape index (κ3) is 2.47. The average molecular weight is 464 g/mol. The van der Waals surface area contributed by atoms with Gasteiger partial charge in [-0.2, -0.15) is 0 Å². The quantitative estimate of drug-likeness (QED) is 0.295.